The second kappa shape index (κ2) is 10.1. The molecule has 0 spiro atoms. The van der Waals surface area contributed by atoms with Crippen molar-refractivity contribution in [3.63, 3.8) is 0 Å². The van der Waals surface area contributed by atoms with Crippen LogP contribution in [0.2, 0.25) is 0 Å². The maximum atomic E-state index is 13.5. The van der Waals surface area contributed by atoms with Gasteiger partial charge in [-0.05, 0) is 47.0 Å². The summed E-state index contributed by atoms with van der Waals surface area (Å²) in [6, 6.07) is 28.9. The SMILES string of the molecule is CN1c2ccccc2C(=O)N(CCNCc2ccc(-c3ccccc3)cc2)c2ccc(C(F)(F)F)cc21. The fraction of sp³-hybridized carbons (Fsp3) is 0.167. The summed E-state index contributed by atoms with van der Waals surface area (Å²) in [5.74, 6) is -0.241. The van der Waals surface area contributed by atoms with E-state index in [4.69, 9.17) is 0 Å². The number of nitrogens with one attached hydrogen (secondary N) is 1. The van der Waals surface area contributed by atoms with Gasteiger partial charge in [0.1, 0.15) is 0 Å². The maximum Gasteiger partial charge on any atom is 0.416 e. The Labute approximate surface area is 214 Å². The van der Waals surface area contributed by atoms with Crippen molar-refractivity contribution in [3.8, 4) is 11.1 Å². The predicted molar refractivity (Wildman–Crippen MR) is 141 cm³/mol. The van der Waals surface area contributed by atoms with Crippen LogP contribution in [0.25, 0.3) is 11.1 Å². The Morgan fingerprint density at radius 2 is 1.43 bits per heavy atom. The van der Waals surface area contributed by atoms with Crippen LogP contribution in [0.15, 0.2) is 97.1 Å². The van der Waals surface area contributed by atoms with Crippen LogP contribution in [0, 0.1) is 0 Å². The molecule has 1 aliphatic heterocycles. The van der Waals surface area contributed by atoms with Crippen LogP contribution < -0.4 is 15.1 Å². The molecule has 37 heavy (non-hydrogen) atoms. The lowest BCUT2D eigenvalue weighted by Gasteiger charge is -2.26. The van der Waals surface area contributed by atoms with E-state index in [1.165, 1.54) is 6.07 Å². The molecular formula is C30H26F3N3O. The molecule has 0 unspecified atom stereocenters. The van der Waals surface area contributed by atoms with Crippen LogP contribution in [0.3, 0.4) is 0 Å². The standard InChI is InChI=1S/C30H26F3N3O/c1-35-26-10-6-5-9-25(26)29(37)36(27-16-15-24(19-28(27)35)30(31,32)33)18-17-34-20-21-11-13-23(14-12-21)22-7-3-2-4-8-22/h2-16,19,34H,17-18,20H2,1H3. The first-order valence-corrected chi connectivity index (χ1v) is 12.0. The van der Waals surface area contributed by atoms with Crippen LogP contribution in [-0.2, 0) is 12.7 Å². The van der Waals surface area contributed by atoms with Crippen molar-refractivity contribution in [2.75, 3.05) is 29.9 Å². The van der Waals surface area contributed by atoms with Crippen LogP contribution in [0.1, 0.15) is 21.5 Å². The molecular weight excluding hydrogens is 475 g/mol. The van der Waals surface area contributed by atoms with E-state index in [-0.39, 0.29) is 5.91 Å². The minimum atomic E-state index is -4.48. The van der Waals surface area contributed by atoms with E-state index >= 15 is 0 Å². The number of hydrogen-bond donors (Lipinski definition) is 1. The van der Waals surface area contributed by atoms with Crippen molar-refractivity contribution in [3.05, 3.63) is 114 Å². The third kappa shape index (κ3) is 5.08. The van der Waals surface area contributed by atoms with E-state index < -0.39 is 11.7 Å². The molecule has 0 aromatic heterocycles. The fourth-order valence-electron chi connectivity index (χ4n) is 4.62. The molecule has 0 aliphatic carbocycles. The van der Waals surface area contributed by atoms with Gasteiger partial charge in [-0.1, -0.05) is 66.7 Å². The van der Waals surface area contributed by atoms with E-state index in [2.05, 4.69) is 41.7 Å². The number of halogens is 3. The van der Waals surface area contributed by atoms with Gasteiger partial charge in [0, 0.05) is 26.7 Å². The molecule has 4 aromatic carbocycles. The van der Waals surface area contributed by atoms with Gasteiger partial charge in [0.15, 0.2) is 0 Å². The lowest BCUT2D eigenvalue weighted by Crippen LogP contribution is -2.36. The number of nitrogens with zero attached hydrogens (tertiary/aromatic N) is 2. The monoisotopic (exact) mass is 501 g/mol. The van der Waals surface area contributed by atoms with Gasteiger partial charge in [0.2, 0.25) is 0 Å². The van der Waals surface area contributed by atoms with Crippen molar-refractivity contribution in [1.82, 2.24) is 5.32 Å². The number of alkyl halides is 3. The van der Waals surface area contributed by atoms with E-state index in [0.717, 1.165) is 28.8 Å². The molecule has 1 aliphatic rings. The first kappa shape index (κ1) is 24.6. The third-order valence-electron chi connectivity index (χ3n) is 6.60. The van der Waals surface area contributed by atoms with Crippen molar-refractivity contribution in [1.29, 1.82) is 0 Å². The number of carbonyl (C=O) groups is 1. The number of rotatable bonds is 6. The number of fused-ring (bicyclic) bond motifs is 2. The zero-order chi connectivity index (χ0) is 26.0. The topological polar surface area (TPSA) is 35.6 Å². The molecule has 0 bridgehead atoms. The minimum Gasteiger partial charge on any atom is -0.342 e. The summed E-state index contributed by atoms with van der Waals surface area (Å²) in [4.78, 5) is 16.7. The van der Waals surface area contributed by atoms with E-state index in [1.807, 2.05) is 18.2 Å². The number of carbonyl (C=O) groups excluding carboxylic acids is 1. The molecule has 0 saturated carbocycles. The summed E-state index contributed by atoms with van der Waals surface area (Å²) in [6.07, 6.45) is -4.48. The Kier molecular flexibility index (Phi) is 6.72. The number of hydrogen-bond acceptors (Lipinski definition) is 3. The smallest absolute Gasteiger partial charge is 0.342 e. The van der Waals surface area contributed by atoms with Gasteiger partial charge in [-0.2, -0.15) is 13.2 Å². The van der Waals surface area contributed by atoms with Gasteiger partial charge in [0.05, 0.1) is 28.2 Å². The Morgan fingerprint density at radius 1 is 0.757 bits per heavy atom. The van der Waals surface area contributed by atoms with Crippen LogP contribution >= 0.6 is 0 Å². The minimum absolute atomic E-state index is 0.241. The number of anilines is 3. The van der Waals surface area contributed by atoms with Crippen LogP contribution in [0.5, 0.6) is 0 Å². The van der Waals surface area contributed by atoms with Gasteiger partial charge < -0.3 is 15.1 Å². The molecule has 1 heterocycles. The highest BCUT2D eigenvalue weighted by Gasteiger charge is 2.34. The first-order chi connectivity index (χ1) is 17.8. The van der Waals surface area contributed by atoms with Crippen molar-refractivity contribution >= 4 is 23.0 Å². The predicted octanol–water partition coefficient (Wildman–Crippen LogP) is 6.89. The van der Waals surface area contributed by atoms with Gasteiger partial charge in [-0.15, -0.1) is 0 Å². The number of benzene rings is 4. The molecule has 0 fully saturated rings. The molecule has 4 aromatic rings. The van der Waals surface area contributed by atoms with Crippen molar-refractivity contribution in [2.24, 2.45) is 0 Å². The normalized spacial score (nSPS) is 13.2. The molecule has 0 atom stereocenters. The Morgan fingerprint density at radius 3 is 2.16 bits per heavy atom. The highest BCUT2D eigenvalue weighted by molar-refractivity contribution is 6.13. The lowest BCUT2D eigenvalue weighted by molar-refractivity contribution is -0.137. The Bertz CT molecular complexity index is 1400. The second-order valence-corrected chi connectivity index (χ2v) is 8.97. The molecule has 188 valence electrons. The fourth-order valence-corrected chi connectivity index (χ4v) is 4.62. The van der Waals surface area contributed by atoms with Gasteiger partial charge in [-0.25, -0.2) is 0 Å². The van der Waals surface area contributed by atoms with Crippen LogP contribution in [0.4, 0.5) is 30.2 Å². The lowest BCUT2D eigenvalue weighted by atomic mass is 10.0. The van der Waals surface area contributed by atoms with E-state index in [9.17, 15) is 18.0 Å². The van der Waals surface area contributed by atoms with Gasteiger partial charge in [0.25, 0.3) is 5.91 Å². The van der Waals surface area contributed by atoms with Crippen LogP contribution in [-0.4, -0.2) is 26.0 Å². The largest absolute Gasteiger partial charge is 0.416 e. The third-order valence-corrected chi connectivity index (χ3v) is 6.60. The summed E-state index contributed by atoms with van der Waals surface area (Å²) in [5, 5.41) is 3.36. The molecule has 1 amide bonds. The number of amides is 1. The quantitative estimate of drug-likeness (QED) is 0.292. The molecule has 7 heteroatoms. The van der Waals surface area contributed by atoms with E-state index in [1.54, 1.807) is 41.1 Å². The summed E-state index contributed by atoms with van der Waals surface area (Å²) in [5.41, 5.74) is 4.45. The summed E-state index contributed by atoms with van der Waals surface area (Å²) >= 11 is 0. The molecule has 0 radical (unpaired) electrons. The van der Waals surface area contributed by atoms with Crippen molar-refractivity contribution < 1.29 is 18.0 Å². The summed E-state index contributed by atoms with van der Waals surface area (Å²) in [7, 11) is 1.69. The Balaban J connectivity index is 1.33. The number of para-hydroxylation sites is 1. The second-order valence-electron chi connectivity index (χ2n) is 8.97. The molecule has 1 N–H and O–H groups in total. The Hall–Kier alpha value is -4.10. The zero-order valence-corrected chi connectivity index (χ0v) is 20.3. The maximum absolute atomic E-state index is 13.5. The highest BCUT2D eigenvalue weighted by atomic mass is 19.4. The summed E-state index contributed by atoms with van der Waals surface area (Å²) in [6.45, 7) is 1.38. The average molecular weight is 502 g/mol. The van der Waals surface area contributed by atoms with Gasteiger partial charge >= 0.3 is 6.18 Å². The average Bonchev–Trinajstić information content (AvgIpc) is 3.00. The molecule has 4 nitrogen and oxygen atoms in total. The summed E-state index contributed by atoms with van der Waals surface area (Å²) < 4.78 is 40.4. The van der Waals surface area contributed by atoms with Gasteiger partial charge in [-0.3, -0.25) is 4.79 Å². The molecule has 5 rings (SSSR count). The molecule has 0 saturated heterocycles. The first-order valence-electron chi connectivity index (χ1n) is 12.0. The zero-order valence-electron chi connectivity index (χ0n) is 20.3. The highest BCUT2D eigenvalue weighted by Crippen LogP contribution is 2.42. The van der Waals surface area contributed by atoms with E-state index in [0.29, 0.717) is 42.3 Å². The van der Waals surface area contributed by atoms with Crippen molar-refractivity contribution in [2.45, 2.75) is 12.7 Å².